The SMILES string of the molecule is O=C(Nc1nc(C(F)(F)F)cs1)[C@H]1CCCN(C(=O)C2CC2)C1. The number of hydrogen-bond donors (Lipinski definition) is 1. The number of halogens is 3. The van der Waals surface area contributed by atoms with Crippen molar-refractivity contribution in [2.24, 2.45) is 11.8 Å². The van der Waals surface area contributed by atoms with Gasteiger partial charge in [-0.15, -0.1) is 11.3 Å². The maximum Gasteiger partial charge on any atom is 0.434 e. The molecular weight excluding hydrogens is 331 g/mol. The second-order valence-corrected chi connectivity index (χ2v) is 6.78. The molecule has 9 heteroatoms. The average Bonchev–Trinajstić information content (AvgIpc) is 3.24. The number of nitrogens with one attached hydrogen (secondary N) is 1. The number of likely N-dealkylation sites (tertiary alicyclic amines) is 1. The van der Waals surface area contributed by atoms with Crippen LogP contribution in [0.1, 0.15) is 31.4 Å². The number of thiazole rings is 1. The smallest absolute Gasteiger partial charge is 0.342 e. The maximum absolute atomic E-state index is 12.5. The molecule has 2 aliphatic rings. The highest BCUT2D eigenvalue weighted by Gasteiger charge is 2.37. The van der Waals surface area contributed by atoms with Gasteiger partial charge in [-0.05, 0) is 25.7 Å². The molecule has 0 unspecified atom stereocenters. The van der Waals surface area contributed by atoms with Crippen molar-refractivity contribution in [3.05, 3.63) is 11.1 Å². The van der Waals surface area contributed by atoms with Gasteiger partial charge in [0.05, 0.1) is 5.92 Å². The summed E-state index contributed by atoms with van der Waals surface area (Å²) in [6, 6.07) is 0. The van der Waals surface area contributed by atoms with Crippen LogP contribution in [-0.2, 0) is 15.8 Å². The summed E-state index contributed by atoms with van der Waals surface area (Å²) in [5.41, 5.74) is -1.01. The van der Waals surface area contributed by atoms with E-state index < -0.39 is 17.8 Å². The predicted octanol–water partition coefficient (Wildman–Crippen LogP) is 2.75. The van der Waals surface area contributed by atoms with Gasteiger partial charge in [0.2, 0.25) is 11.8 Å². The molecule has 0 radical (unpaired) electrons. The van der Waals surface area contributed by atoms with E-state index >= 15 is 0 Å². The number of nitrogens with zero attached hydrogens (tertiary/aromatic N) is 2. The molecule has 0 aromatic carbocycles. The van der Waals surface area contributed by atoms with Crippen molar-refractivity contribution in [1.82, 2.24) is 9.88 Å². The van der Waals surface area contributed by atoms with Gasteiger partial charge in [0.15, 0.2) is 10.8 Å². The van der Waals surface area contributed by atoms with E-state index in [1.54, 1.807) is 4.90 Å². The number of alkyl halides is 3. The van der Waals surface area contributed by atoms with Crippen molar-refractivity contribution >= 4 is 28.3 Å². The van der Waals surface area contributed by atoms with E-state index in [1.807, 2.05) is 0 Å². The molecule has 2 fully saturated rings. The first-order valence-electron chi connectivity index (χ1n) is 7.47. The lowest BCUT2D eigenvalue weighted by atomic mass is 9.97. The van der Waals surface area contributed by atoms with Crippen molar-refractivity contribution in [3.8, 4) is 0 Å². The van der Waals surface area contributed by atoms with Crippen LogP contribution in [0.3, 0.4) is 0 Å². The normalized spacial score (nSPS) is 22.0. The van der Waals surface area contributed by atoms with Crippen molar-refractivity contribution in [2.45, 2.75) is 31.9 Å². The minimum atomic E-state index is -4.52. The van der Waals surface area contributed by atoms with E-state index in [1.165, 1.54) is 0 Å². The molecule has 23 heavy (non-hydrogen) atoms. The molecule has 2 amide bonds. The Bertz CT molecular complexity index is 613. The Morgan fingerprint density at radius 1 is 1.26 bits per heavy atom. The molecule has 1 saturated heterocycles. The van der Waals surface area contributed by atoms with Gasteiger partial charge in [0.1, 0.15) is 0 Å². The van der Waals surface area contributed by atoms with Crippen LogP contribution in [0.25, 0.3) is 0 Å². The fourth-order valence-electron chi connectivity index (χ4n) is 2.65. The zero-order chi connectivity index (χ0) is 16.6. The van der Waals surface area contributed by atoms with Crippen LogP contribution in [-0.4, -0.2) is 34.8 Å². The molecule has 2 heterocycles. The molecule has 1 atom stereocenters. The topological polar surface area (TPSA) is 62.3 Å². The zero-order valence-corrected chi connectivity index (χ0v) is 13.0. The van der Waals surface area contributed by atoms with Gasteiger partial charge >= 0.3 is 6.18 Å². The summed E-state index contributed by atoms with van der Waals surface area (Å²) in [7, 11) is 0. The molecule has 5 nitrogen and oxygen atoms in total. The lowest BCUT2D eigenvalue weighted by molar-refractivity contribution is -0.141. The minimum absolute atomic E-state index is 0.0621. The van der Waals surface area contributed by atoms with Crippen molar-refractivity contribution in [3.63, 3.8) is 0 Å². The van der Waals surface area contributed by atoms with Crippen molar-refractivity contribution < 1.29 is 22.8 Å². The molecular formula is C14H16F3N3O2S. The Morgan fingerprint density at radius 2 is 2.00 bits per heavy atom. The van der Waals surface area contributed by atoms with Gasteiger partial charge < -0.3 is 10.2 Å². The summed E-state index contributed by atoms with van der Waals surface area (Å²) in [4.78, 5) is 29.4. The third kappa shape index (κ3) is 3.82. The van der Waals surface area contributed by atoms with Crippen molar-refractivity contribution in [2.75, 3.05) is 18.4 Å². The molecule has 126 valence electrons. The van der Waals surface area contributed by atoms with E-state index in [0.29, 0.717) is 19.5 Å². The Labute approximate surface area is 134 Å². The van der Waals surface area contributed by atoms with Crippen LogP contribution in [0.5, 0.6) is 0 Å². The summed E-state index contributed by atoms with van der Waals surface area (Å²) < 4.78 is 37.5. The second-order valence-electron chi connectivity index (χ2n) is 5.92. The fourth-order valence-corrected chi connectivity index (χ4v) is 3.37. The first-order chi connectivity index (χ1) is 10.8. The number of piperidine rings is 1. The van der Waals surface area contributed by atoms with Gasteiger partial charge in [-0.3, -0.25) is 9.59 Å². The van der Waals surface area contributed by atoms with Gasteiger partial charge in [-0.25, -0.2) is 4.98 Å². The molecule has 1 N–H and O–H groups in total. The first-order valence-corrected chi connectivity index (χ1v) is 8.35. The summed E-state index contributed by atoms with van der Waals surface area (Å²) in [6.45, 7) is 0.979. The van der Waals surface area contributed by atoms with Crippen LogP contribution in [0.15, 0.2) is 5.38 Å². The first kappa shape index (κ1) is 16.2. The van der Waals surface area contributed by atoms with E-state index in [9.17, 15) is 22.8 Å². The summed E-state index contributed by atoms with van der Waals surface area (Å²) in [5.74, 6) is -0.577. The third-order valence-electron chi connectivity index (χ3n) is 4.06. The Morgan fingerprint density at radius 3 is 2.61 bits per heavy atom. The highest BCUT2D eigenvalue weighted by atomic mass is 32.1. The van der Waals surface area contributed by atoms with Crippen molar-refractivity contribution in [1.29, 1.82) is 0 Å². The number of rotatable bonds is 3. The largest absolute Gasteiger partial charge is 0.434 e. The van der Waals surface area contributed by atoms with E-state index in [2.05, 4.69) is 10.3 Å². The van der Waals surface area contributed by atoms with Crippen LogP contribution in [0.4, 0.5) is 18.3 Å². The standard InChI is InChI=1S/C14H16F3N3O2S/c15-14(16,17)10-7-23-13(18-10)19-11(21)9-2-1-5-20(6-9)12(22)8-3-4-8/h7-9H,1-6H2,(H,18,19,21)/t9-/m0/s1. The third-order valence-corrected chi connectivity index (χ3v) is 4.81. The summed E-state index contributed by atoms with van der Waals surface area (Å²) in [5, 5.41) is 3.25. The summed E-state index contributed by atoms with van der Waals surface area (Å²) >= 11 is 0.747. The van der Waals surface area contributed by atoms with Gasteiger partial charge in [-0.2, -0.15) is 13.2 Å². The molecule has 1 aromatic rings. The second kappa shape index (κ2) is 6.10. The lowest BCUT2D eigenvalue weighted by Gasteiger charge is -2.32. The molecule has 1 aromatic heterocycles. The molecule has 0 bridgehead atoms. The molecule has 1 aliphatic heterocycles. The quantitative estimate of drug-likeness (QED) is 0.914. The average molecular weight is 347 g/mol. The number of carbonyl (C=O) groups excluding carboxylic acids is 2. The van der Waals surface area contributed by atoms with Crippen LogP contribution >= 0.6 is 11.3 Å². The highest BCUT2D eigenvalue weighted by Crippen LogP contribution is 2.33. The number of hydrogen-bond acceptors (Lipinski definition) is 4. The minimum Gasteiger partial charge on any atom is -0.342 e. The molecule has 3 rings (SSSR count). The number of anilines is 1. The number of amides is 2. The number of aromatic nitrogens is 1. The summed E-state index contributed by atoms with van der Waals surface area (Å²) in [6.07, 6.45) is -1.35. The maximum atomic E-state index is 12.5. The molecule has 1 saturated carbocycles. The lowest BCUT2D eigenvalue weighted by Crippen LogP contribution is -2.44. The Hall–Kier alpha value is -1.64. The van der Waals surface area contributed by atoms with Gasteiger partial charge in [0, 0.05) is 24.4 Å². The van der Waals surface area contributed by atoms with Crippen LogP contribution < -0.4 is 5.32 Å². The van der Waals surface area contributed by atoms with E-state index in [4.69, 9.17) is 0 Å². The predicted molar refractivity (Wildman–Crippen MR) is 77.8 cm³/mol. The fraction of sp³-hybridized carbons (Fsp3) is 0.643. The number of carbonyl (C=O) groups is 2. The Balaban J connectivity index is 1.59. The molecule has 1 aliphatic carbocycles. The van der Waals surface area contributed by atoms with E-state index in [0.717, 1.165) is 36.0 Å². The van der Waals surface area contributed by atoms with Gasteiger partial charge in [-0.1, -0.05) is 0 Å². The van der Waals surface area contributed by atoms with E-state index in [-0.39, 0.29) is 22.9 Å². The molecule has 0 spiro atoms. The van der Waals surface area contributed by atoms with Crippen LogP contribution in [0, 0.1) is 11.8 Å². The zero-order valence-electron chi connectivity index (χ0n) is 12.2. The Kier molecular flexibility index (Phi) is 4.31. The highest BCUT2D eigenvalue weighted by molar-refractivity contribution is 7.13. The van der Waals surface area contributed by atoms with Crippen LogP contribution in [0.2, 0.25) is 0 Å². The van der Waals surface area contributed by atoms with Gasteiger partial charge in [0.25, 0.3) is 0 Å². The monoisotopic (exact) mass is 347 g/mol.